The van der Waals surface area contributed by atoms with E-state index in [9.17, 15) is 0 Å². The number of para-hydroxylation sites is 2. The van der Waals surface area contributed by atoms with E-state index in [1.807, 2.05) is 37.4 Å². The summed E-state index contributed by atoms with van der Waals surface area (Å²) >= 11 is 0. The first-order valence-electron chi connectivity index (χ1n) is 11.0. The summed E-state index contributed by atoms with van der Waals surface area (Å²) in [5.41, 5.74) is 3.24. The van der Waals surface area contributed by atoms with E-state index in [0.29, 0.717) is 0 Å². The molecule has 32 heavy (non-hydrogen) atoms. The van der Waals surface area contributed by atoms with E-state index >= 15 is 0 Å². The number of ether oxygens (including phenoxy) is 2. The Morgan fingerprint density at radius 3 is 2.62 bits per heavy atom. The standard InChI is InChI=1S/C24H32N6O2/c1-25-24(26-11-10-23-27-20-6-4-5-7-21(20)28-23)30-14-12-29(13-15-30)17-18-16-19(31-2)8-9-22(18)32-3/h4-9,16H,10-15,17H2,1-3H3,(H,25,26)(H,27,28). The number of aromatic amines is 1. The van der Waals surface area contributed by atoms with Crippen LogP contribution in [-0.4, -0.2) is 79.7 Å². The maximum atomic E-state index is 5.53. The molecule has 1 aromatic heterocycles. The molecule has 0 unspecified atom stereocenters. The predicted octanol–water partition coefficient (Wildman–Crippen LogP) is 2.52. The average Bonchev–Trinajstić information content (AvgIpc) is 3.25. The Morgan fingerprint density at radius 1 is 1.09 bits per heavy atom. The van der Waals surface area contributed by atoms with Crippen molar-refractivity contribution in [2.24, 2.45) is 4.99 Å². The molecule has 2 aromatic carbocycles. The molecule has 2 heterocycles. The van der Waals surface area contributed by atoms with Crippen LogP contribution in [0, 0.1) is 0 Å². The van der Waals surface area contributed by atoms with Crippen molar-refractivity contribution in [1.82, 2.24) is 25.1 Å². The van der Waals surface area contributed by atoms with Crippen molar-refractivity contribution in [3.05, 3.63) is 53.9 Å². The van der Waals surface area contributed by atoms with E-state index in [1.165, 1.54) is 0 Å². The fourth-order valence-corrected chi connectivity index (χ4v) is 4.11. The number of aliphatic imine (C=N–C) groups is 1. The number of hydrogen-bond acceptors (Lipinski definition) is 5. The number of rotatable bonds is 7. The minimum atomic E-state index is 0.785. The first-order chi connectivity index (χ1) is 15.7. The van der Waals surface area contributed by atoms with Crippen LogP contribution in [0.15, 0.2) is 47.5 Å². The highest BCUT2D eigenvalue weighted by atomic mass is 16.5. The van der Waals surface area contributed by atoms with Crippen LogP contribution >= 0.6 is 0 Å². The van der Waals surface area contributed by atoms with Gasteiger partial charge in [0, 0.05) is 58.3 Å². The summed E-state index contributed by atoms with van der Waals surface area (Å²) in [6.45, 7) is 5.41. The molecule has 3 aromatic rings. The molecule has 1 aliphatic rings. The summed E-state index contributed by atoms with van der Waals surface area (Å²) in [6, 6.07) is 14.1. The minimum absolute atomic E-state index is 0.785. The third kappa shape index (κ3) is 5.13. The Balaban J connectivity index is 1.27. The largest absolute Gasteiger partial charge is 0.497 e. The lowest BCUT2D eigenvalue weighted by atomic mass is 10.1. The summed E-state index contributed by atoms with van der Waals surface area (Å²) < 4.78 is 10.9. The van der Waals surface area contributed by atoms with Gasteiger partial charge in [-0.25, -0.2) is 4.98 Å². The van der Waals surface area contributed by atoms with Gasteiger partial charge in [0.05, 0.1) is 25.3 Å². The molecule has 8 nitrogen and oxygen atoms in total. The highest BCUT2D eigenvalue weighted by molar-refractivity contribution is 5.80. The number of imidazole rings is 1. The van der Waals surface area contributed by atoms with Gasteiger partial charge in [-0.15, -0.1) is 0 Å². The molecule has 0 spiro atoms. The van der Waals surface area contributed by atoms with Crippen LogP contribution in [-0.2, 0) is 13.0 Å². The molecule has 0 saturated carbocycles. The molecular formula is C24H32N6O2. The van der Waals surface area contributed by atoms with Gasteiger partial charge in [-0.3, -0.25) is 9.89 Å². The van der Waals surface area contributed by atoms with Gasteiger partial charge in [0.1, 0.15) is 17.3 Å². The monoisotopic (exact) mass is 436 g/mol. The molecule has 1 fully saturated rings. The molecule has 1 aliphatic heterocycles. The van der Waals surface area contributed by atoms with Crippen molar-refractivity contribution in [3.63, 3.8) is 0 Å². The van der Waals surface area contributed by atoms with Crippen LogP contribution in [0.2, 0.25) is 0 Å². The fourth-order valence-electron chi connectivity index (χ4n) is 4.11. The number of aromatic nitrogens is 2. The Bertz CT molecular complexity index is 1020. The van der Waals surface area contributed by atoms with Gasteiger partial charge in [0.25, 0.3) is 0 Å². The van der Waals surface area contributed by atoms with Gasteiger partial charge in [-0.2, -0.15) is 0 Å². The van der Waals surface area contributed by atoms with E-state index in [1.54, 1.807) is 14.2 Å². The Morgan fingerprint density at radius 2 is 1.91 bits per heavy atom. The van der Waals surface area contributed by atoms with Crippen molar-refractivity contribution >= 4 is 17.0 Å². The molecule has 2 N–H and O–H groups in total. The highest BCUT2D eigenvalue weighted by Crippen LogP contribution is 2.25. The second-order valence-corrected chi connectivity index (χ2v) is 7.87. The number of benzene rings is 2. The van der Waals surface area contributed by atoms with E-state index < -0.39 is 0 Å². The molecule has 0 atom stereocenters. The fraction of sp³-hybridized carbons (Fsp3) is 0.417. The van der Waals surface area contributed by atoms with Crippen LogP contribution < -0.4 is 14.8 Å². The van der Waals surface area contributed by atoms with Crippen molar-refractivity contribution in [2.75, 3.05) is 54.0 Å². The average molecular weight is 437 g/mol. The molecular weight excluding hydrogens is 404 g/mol. The SMILES string of the molecule is CN=C(NCCc1nc2ccccc2[nH]1)N1CCN(Cc2cc(OC)ccc2OC)CC1. The third-order valence-corrected chi connectivity index (χ3v) is 5.85. The number of fused-ring (bicyclic) bond motifs is 1. The summed E-state index contributed by atoms with van der Waals surface area (Å²) in [5, 5.41) is 3.49. The van der Waals surface area contributed by atoms with Crippen LogP contribution in [0.25, 0.3) is 11.0 Å². The number of hydrogen-bond donors (Lipinski definition) is 2. The molecule has 0 bridgehead atoms. The number of methoxy groups -OCH3 is 2. The summed E-state index contributed by atoms with van der Waals surface area (Å²) in [4.78, 5) is 17.3. The van der Waals surface area contributed by atoms with Crippen LogP contribution in [0.4, 0.5) is 0 Å². The Kier molecular flexibility index (Phi) is 7.11. The molecule has 0 radical (unpaired) electrons. The molecule has 1 saturated heterocycles. The lowest BCUT2D eigenvalue weighted by Crippen LogP contribution is -2.52. The lowest BCUT2D eigenvalue weighted by molar-refractivity contribution is 0.171. The molecule has 0 aliphatic carbocycles. The Hall–Kier alpha value is -3.26. The van der Waals surface area contributed by atoms with Gasteiger partial charge in [-0.1, -0.05) is 12.1 Å². The molecule has 4 rings (SSSR count). The van der Waals surface area contributed by atoms with Crippen LogP contribution in [0.5, 0.6) is 11.5 Å². The van der Waals surface area contributed by atoms with Crippen molar-refractivity contribution in [3.8, 4) is 11.5 Å². The van der Waals surface area contributed by atoms with Crippen molar-refractivity contribution in [1.29, 1.82) is 0 Å². The van der Waals surface area contributed by atoms with Crippen molar-refractivity contribution < 1.29 is 9.47 Å². The number of piperazine rings is 1. The maximum absolute atomic E-state index is 5.53. The minimum Gasteiger partial charge on any atom is -0.497 e. The summed E-state index contributed by atoms with van der Waals surface area (Å²) in [5.74, 6) is 3.69. The molecule has 8 heteroatoms. The van der Waals surface area contributed by atoms with E-state index in [0.717, 1.165) is 85.6 Å². The highest BCUT2D eigenvalue weighted by Gasteiger charge is 2.21. The predicted molar refractivity (Wildman–Crippen MR) is 128 cm³/mol. The molecule has 170 valence electrons. The zero-order valence-corrected chi connectivity index (χ0v) is 19.1. The van der Waals surface area contributed by atoms with Gasteiger partial charge >= 0.3 is 0 Å². The quantitative estimate of drug-likeness (QED) is 0.438. The second-order valence-electron chi connectivity index (χ2n) is 7.87. The van der Waals surface area contributed by atoms with Crippen LogP contribution in [0.1, 0.15) is 11.4 Å². The van der Waals surface area contributed by atoms with Gasteiger partial charge in [0.2, 0.25) is 0 Å². The number of nitrogens with one attached hydrogen (secondary N) is 2. The lowest BCUT2D eigenvalue weighted by Gasteiger charge is -2.36. The van der Waals surface area contributed by atoms with E-state index in [2.05, 4.69) is 42.2 Å². The van der Waals surface area contributed by atoms with E-state index in [-0.39, 0.29) is 0 Å². The third-order valence-electron chi connectivity index (χ3n) is 5.85. The maximum Gasteiger partial charge on any atom is 0.193 e. The summed E-state index contributed by atoms with van der Waals surface area (Å²) in [7, 11) is 5.25. The van der Waals surface area contributed by atoms with Gasteiger partial charge in [-0.05, 0) is 30.3 Å². The van der Waals surface area contributed by atoms with Gasteiger partial charge < -0.3 is 24.7 Å². The number of H-pyrrole nitrogens is 1. The second kappa shape index (κ2) is 10.4. The van der Waals surface area contributed by atoms with Gasteiger partial charge in [0.15, 0.2) is 5.96 Å². The van der Waals surface area contributed by atoms with Crippen molar-refractivity contribution in [2.45, 2.75) is 13.0 Å². The molecule has 0 amide bonds. The Labute approximate surface area is 189 Å². The zero-order chi connectivity index (χ0) is 22.3. The van der Waals surface area contributed by atoms with E-state index in [4.69, 9.17) is 9.47 Å². The first-order valence-corrected chi connectivity index (χ1v) is 11.0. The topological polar surface area (TPSA) is 78.0 Å². The zero-order valence-electron chi connectivity index (χ0n) is 19.1. The summed E-state index contributed by atoms with van der Waals surface area (Å²) in [6.07, 6.45) is 0.823. The smallest absolute Gasteiger partial charge is 0.193 e. The number of nitrogens with zero attached hydrogens (tertiary/aromatic N) is 4. The normalized spacial score (nSPS) is 15.2. The first kappa shape index (κ1) is 22.0. The number of guanidine groups is 1. The van der Waals surface area contributed by atoms with Crippen LogP contribution in [0.3, 0.4) is 0 Å².